The predicted octanol–water partition coefficient (Wildman–Crippen LogP) is 2.08. The first-order valence-electron chi connectivity index (χ1n) is 6.39. The van der Waals surface area contributed by atoms with Gasteiger partial charge < -0.3 is 9.47 Å². The van der Waals surface area contributed by atoms with Gasteiger partial charge in [-0.2, -0.15) is 4.72 Å². The molecule has 118 valence electrons. The van der Waals surface area contributed by atoms with E-state index in [2.05, 4.69) is 20.7 Å². The fraction of sp³-hybridized carbons (Fsp3) is 0.462. The maximum absolute atomic E-state index is 12.2. The van der Waals surface area contributed by atoms with E-state index in [1.807, 2.05) is 6.92 Å². The Morgan fingerprint density at radius 1 is 1.38 bits per heavy atom. The van der Waals surface area contributed by atoms with Crippen LogP contribution in [-0.2, 0) is 19.6 Å². The lowest BCUT2D eigenvalue weighted by Crippen LogP contribution is -2.31. The molecule has 6 nitrogen and oxygen atoms in total. The number of ether oxygens (including phenoxy) is 2. The molecule has 0 aliphatic rings. The number of hydrogen-bond donors (Lipinski definition) is 1. The number of nitrogens with one attached hydrogen (secondary N) is 1. The molecule has 1 rings (SSSR count). The monoisotopic (exact) mass is 379 g/mol. The third-order valence-corrected chi connectivity index (χ3v) is 4.50. The second kappa shape index (κ2) is 8.35. The van der Waals surface area contributed by atoms with Gasteiger partial charge >= 0.3 is 5.97 Å². The van der Waals surface area contributed by atoms with Crippen LogP contribution in [0, 0.1) is 0 Å². The maximum Gasteiger partial charge on any atom is 0.321 e. The zero-order valence-corrected chi connectivity index (χ0v) is 14.3. The van der Waals surface area contributed by atoms with E-state index >= 15 is 0 Å². The number of benzene rings is 1. The number of halogens is 1. The Morgan fingerprint density at radius 3 is 2.71 bits per heavy atom. The fourth-order valence-corrected chi connectivity index (χ4v) is 3.15. The van der Waals surface area contributed by atoms with E-state index < -0.39 is 22.5 Å². The first-order valence-corrected chi connectivity index (χ1v) is 8.67. The summed E-state index contributed by atoms with van der Waals surface area (Å²) < 4.78 is 37.1. The Bertz CT molecular complexity index is 588. The van der Waals surface area contributed by atoms with Gasteiger partial charge in [-0.05, 0) is 24.6 Å². The second-order valence-electron chi connectivity index (χ2n) is 4.19. The SMILES string of the molecule is CCCCOC(=O)CNS(=O)(=O)c1cc(Br)ccc1OC. The second-order valence-corrected chi connectivity index (χ2v) is 6.84. The van der Waals surface area contributed by atoms with Gasteiger partial charge in [-0.1, -0.05) is 29.3 Å². The number of carbonyl (C=O) groups is 1. The summed E-state index contributed by atoms with van der Waals surface area (Å²) in [7, 11) is -2.48. The highest BCUT2D eigenvalue weighted by atomic mass is 79.9. The van der Waals surface area contributed by atoms with E-state index in [-0.39, 0.29) is 17.3 Å². The van der Waals surface area contributed by atoms with E-state index in [4.69, 9.17) is 9.47 Å². The summed E-state index contributed by atoms with van der Waals surface area (Å²) in [5.74, 6) is -0.411. The van der Waals surface area contributed by atoms with Crippen molar-refractivity contribution < 1.29 is 22.7 Å². The molecule has 1 aromatic carbocycles. The first kappa shape index (κ1) is 17.9. The first-order chi connectivity index (χ1) is 9.90. The molecule has 0 bridgehead atoms. The van der Waals surface area contributed by atoms with Gasteiger partial charge in [-0.3, -0.25) is 4.79 Å². The number of carbonyl (C=O) groups excluding carboxylic acids is 1. The van der Waals surface area contributed by atoms with Crippen LogP contribution in [0.4, 0.5) is 0 Å². The molecule has 0 radical (unpaired) electrons. The average Bonchev–Trinajstić information content (AvgIpc) is 2.45. The lowest BCUT2D eigenvalue weighted by Gasteiger charge is -2.11. The molecule has 0 heterocycles. The molecule has 1 aromatic rings. The predicted molar refractivity (Wildman–Crippen MR) is 81.7 cm³/mol. The molecule has 0 atom stereocenters. The van der Waals surface area contributed by atoms with Crippen LogP contribution in [0.15, 0.2) is 27.6 Å². The molecule has 1 N–H and O–H groups in total. The standard InChI is InChI=1S/C13H18BrNO5S/c1-3-4-7-20-13(16)9-15-21(17,18)12-8-10(14)5-6-11(12)19-2/h5-6,8,15H,3-4,7,9H2,1-2H3. The minimum absolute atomic E-state index is 0.0410. The summed E-state index contributed by atoms with van der Waals surface area (Å²) in [5, 5.41) is 0. The number of esters is 1. The molecule has 0 amide bonds. The van der Waals surface area contributed by atoms with Crippen molar-refractivity contribution in [2.45, 2.75) is 24.7 Å². The van der Waals surface area contributed by atoms with Crippen LogP contribution >= 0.6 is 15.9 Å². The van der Waals surface area contributed by atoms with Crippen molar-refractivity contribution in [2.75, 3.05) is 20.3 Å². The van der Waals surface area contributed by atoms with Gasteiger partial charge in [0.15, 0.2) is 0 Å². The van der Waals surface area contributed by atoms with E-state index in [9.17, 15) is 13.2 Å². The number of sulfonamides is 1. The minimum Gasteiger partial charge on any atom is -0.495 e. The van der Waals surface area contributed by atoms with Gasteiger partial charge in [0.25, 0.3) is 0 Å². The molecule has 21 heavy (non-hydrogen) atoms. The number of rotatable bonds is 8. The maximum atomic E-state index is 12.2. The Labute approximate surface area is 133 Å². The summed E-state index contributed by atoms with van der Waals surface area (Å²) in [5.41, 5.74) is 0. The van der Waals surface area contributed by atoms with Gasteiger partial charge in [0, 0.05) is 4.47 Å². The van der Waals surface area contributed by atoms with Gasteiger partial charge in [0.05, 0.1) is 13.7 Å². The van der Waals surface area contributed by atoms with Crippen LogP contribution in [-0.4, -0.2) is 34.6 Å². The summed E-state index contributed by atoms with van der Waals surface area (Å²) in [6, 6.07) is 4.60. The smallest absolute Gasteiger partial charge is 0.321 e. The lowest BCUT2D eigenvalue weighted by atomic mass is 10.3. The van der Waals surface area contributed by atoms with Crippen LogP contribution in [0.5, 0.6) is 5.75 Å². The molecule has 0 fully saturated rings. The summed E-state index contributed by atoms with van der Waals surface area (Å²) in [6.45, 7) is 1.84. The van der Waals surface area contributed by atoms with Gasteiger partial charge in [0.2, 0.25) is 10.0 Å². The third-order valence-electron chi connectivity index (χ3n) is 2.58. The number of unbranched alkanes of at least 4 members (excludes halogenated alkanes) is 1. The Hall–Kier alpha value is -1.12. The molecule has 0 unspecified atom stereocenters. The van der Waals surface area contributed by atoms with Crippen molar-refractivity contribution >= 4 is 31.9 Å². The van der Waals surface area contributed by atoms with Crippen LogP contribution in [0.3, 0.4) is 0 Å². The number of methoxy groups -OCH3 is 1. The molecule has 8 heteroatoms. The summed E-state index contributed by atoms with van der Waals surface area (Å²) in [6.07, 6.45) is 1.65. The highest BCUT2D eigenvalue weighted by Gasteiger charge is 2.21. The van der Waals surface area contributed by atoms with Crippen molar-refractivity contribution in [3.63, 3.8) is 0 Å². The van der Waals surface area contributed by atoms with Crippen LogP contribution in [0.1, 0.15) is 19.8 Å². The van der Waals surface area contributed by atoms with Crippen molar-refractivity contribution in [1.82, 2.24) is 4.72 Å². The molecular weight excluding hydrogens is 362 g/mol. The molecule has 0 aliphatic carbocycles. The molecule has 0 aliphatic heterocycles. The number of hydrogen-bond acceptors (Lipinski definition) is 5. The Balaban J connectivity index is 2.74. The minimum atomic E-state index is -3.86. The van der Waals surface area contributed by atoms with Crippen molar-refractivity contribution in [3.05, 3.63) is 22.7 Å². The lowest BCUT2D eigenvalue weighted by molar-refractivity contribution is -0.142. The van der Waals surface area contributed by atoms with Gasteiger partial charge in [0.1, 0.15) is 17.2 Å². The van der Waals surface area contributed by atoms with Crippen LogP contribution in [0.2, 0.25) is 0 Å². The van der Waals surface area contributed by atoms with Crippen molar-refractivity contribution in [2.24, 2.45) is 0 Å². The van der Waals surface area contributed by atoms with Crippen molar-refractivity contribution in [3.8, 4) is 5.75 Å². The highest BCUT2D eigenvalue weighted by molar-refractivity contribution is 9.10. The zero-order valence-electron chi connectivity index (χ0n) is 11.9. The largest absolute Gasteiger partial charge is 0.495 e. The Kier molecular flexibility index (Phi) is 7.13. The third kappa shape index (κ3) is 5.64. The Morgan fingerprint density at radius 2 is 2.10 bits per heavy atom. The van der Waals surface area contributed by atoms with Crippen LogP contribution in [0.25, 0.3) is 0 Å². The van der Waals surface area contributed by atoms with E-state index in [1.165, 1.54) is 19.2 Å². The summed E-state index contributed by atoms with van der Waals surface area (Å²) in [4.78, 5) is 11.4. The van der Waals surface area contributed by atoms with E-state index in [0.29, 0.717) is 4.47 Å². The zero-order chi connectivity index (χ0) is 15.9. The van der Waals surface area contributed by atoms with E-state index in [1.54, 1.807) is 6.07 Å². The fourth-order valence-electron chi connectivity index (χ4n) is 1.47. The molecule has 0 saturated heterocycles. The normalized spacial score (nSPS) is 11.2. The highest BCUT2D eigenvalue weighted by Crippen LogP contribution is 2.26. The van der Waals surface area contributed by atoms with E-state index in [0.717, 1.165) is 12.8 Å². The van der Waals surface area contributed by atoms with Gasteiger partial charge in [-0.25, -0.2) is 8.42 Å². The molecule has 0 aromatic heterocycles. The quantitative estimate of drug-likeness (QED) is 0.552. The average molecular weight is 380 g/mol. The molecule has 0 saturated carbocycles. The molecule has 0 spiro atoms. The molecular formula is C13H18BrNO5S. The summed E-state index contributed by atoms with van der Waals surface area (Å²) >= 11 is 3.20. The van der Waals surface area contributed by atoms with Crippen LogP contribution < -0.4 is 9.46 Å². The van der Waals surface area contributed by atoms with Gasteiger partial charge in [-0.15, -0.1) is 0 Å². The topological polar surface area (TPSA) is 81.7 Å². The van der Waals surface area contributed by atoms with Crippen molar-refractivity contribution in [1.29, 1.82) is 0 Å².